The van der Waals surface area contributed by atoms with Crippen LogP contribution in [0.2, 0.25) is 0 Å². The van der Waals surface area contributed by atoms with Crippen LogP contribution in [0.15, 0.2) is 0 Å². The highest BCUT2D eigenvalue weighted by atomic mass is 127. The Bertz CT molecular complexity index is 294. The van der Waals surface area contributed by atoms with Crippen molar-refractivity contribution >= 4 is 22.6 Å². The Morgan fingerprint density at radius 1 is 1.33 bits per heavy atom. The van der Waals surface area contributed by atoms with Gasteiger partial charge in [0.25, 0.3) is 0 Å². The van der Waals surface area contributed by atoms with E-state index in [9.17, 15) is 0 Å². The Labute approximate surface area is 87.5 Å². The fraction of sp³-hybridized carbons (Fsp3) is 0.667. The average Bonchev–Trinajstić information content (AvgIpc) is 2.15. The fourth-order valence-corrected chi connectivity index (χ4v) is 2.33. The van der Waals surface area contributed by atoms with Gasteiger partial charge in [-0.1, -0.05) is 20.8 Å². The van der Waals surface area contributed by atoms with E-state index in [1.807, 2.05) is 11.7 Å². The maximum Gasteiger partial charge on any atom is 0.0814 e. The van der Waals surface area contributed by atoms with E-state index < -0.39 is 0 Å². The summed E-state index contributed by atoms with van der Waals surface area (Å²) in [4.78, 5) is 0. The van der Waals surface area contributed by atoms with Gasteiger partial charge in [-0.15, -0.1) is 0 Å². The predicted octanol–water partition coefficient (Wildman–Crippen LogP) is 2.63. The monoisotopic (exact) mass is 278 g/mol. The van der Waals surface area contributed by atoms with Crippen LogP contribution in [0, 0.1) is 10.5 Å². The van der Waals surface area contributed by atoms with Crippen LogP contribution >= 0.6 is 22.6 Å². The lowest BCUT2D eigenvalue weighted by atomic mass is 9.92. The van der Waals surface area contributed by atoms with Crippen LogP contribution in [-0.4, -0.2) is 9.78 Å². The second kappa shape index (κ2) is 3.01. The van der Waals surface area contributed by atoms with Crippen LogP contribution in [0.3, 0.4) is 0 Å². The number of rotatable bonds is 0. The standard InChI is InChI=1S/C9H15IN2/c1-6-7(10)8(9(2,3)4)11-12(6)5/h1-5H3. The van der Waals surface area contributed by atoms with Crippen molar-refractivity contribution in [2.24, 2.45) is 7.05 Å². The quantitative estimate of drug-likeness (QED) is 0.667. The van der Waals surface area contributed by atoms with Crippen LogP contribution in [-0.2, 0) is 12.5 Å². The van der Waals surface area contributed by atoms with Crippen LogP contribution in [0.25, 0.3) is 0 Å². The van der Waals surface area contributed by atoms with Crippen molar-refractivity contribution in [3.63, 3.8) is 0 Å². The summed E-state index contributed by atoms with van der Waals surface area (Å²) < 4.78 is 3.24. The van der Waals surface area contributed by atoms with E-state index in [0.29, 0.717) is 0 Å². The van der Waals surface area contributed by atoms with Crippen LogP contribution in [0.5, 0.6) is 0 Å². The molecule has 1 rings (SSSR count). The van der Waals surface area contributed by atoms with Crippen molar-refractivity contribution in [1.29, 1.82) is 0 Å². The molecule has 0 fully saturated rings. The van der Waals surface area contributed by atoms with E-state index in [4.69, 9.17) is 0 Å². The summed E-state index contributed by atoms with van der Waals surface area (Å²) in [5, 5.41) is 4.49. The second-order valence-corrected chi connectivity index (χ2v) is 5.20. The minimum atomic E-state index is 0.155. The normalized spacial score (nSPS) is 12.2. The van der Waals surface area contributed by atoms with Gasteiger partial charge in [0.2, 0.25) is 0 Å². The Morgan fingerprint density at radius 2 is 1.83 bits per heavy atom. The first kappa shape index (κ1) is 10.0. The lowest BCUT2D eigenvalue weighted by Crippen LogP contribution is -2.13. The smallest absolute Gasteiger partial charge is 0.0814 e. The van der Waals surface area contributed by atoms with E-state index in [1.165, 1.54) is 15.0 Å². The number of hydrogen-bond donors (Lipinski definition) is 0. The van der Waals surface area contributed by atoms with Crippen molar-refractivity contribution in [3.8, 4) is 0 Å². The predicted molar refractivity (Wildman–Crippen MR) is 59.4 cm³/mol. The van der Waals surface area contributed by atoms with Gasteiger partial charge in [0.05, 0.1) is 9.26 Å². The second-order valence-electron chi connectivity index (χ2n) is 4.12. The zero-order valence-corrected chi connectivity index (χ0v) is 10.4. The number of hydrogen-bond acceptors (Lipinski definition) is 1. The number of halogens is 1. The molecule has 0 radical (unpaired) electrons. The molecule has 68 valence electrons. The molecule has 0 bridgehead atoms. The van der Waals surface area contributed by atoms with Crippen LogP contribution in [0.4, 0.5) is 0 Å². The molecule has 2 nitrogen and oxygen atoms in total. The number of aryl methyl sites for hydroxylation is 1. The van der Waals surface area contributed by atoms with Crippen molar-refractivity contribution in [3.05, 3.63) is 15.0 Å². The molecule has 0 atom stereocenters. The van der Waals surface area contributed by atoms with Gasteiger partial charge in [-0.25, -0.2) is 0 Å². The van der Waals surface area contributed by atoms with Crippen LogP contribution < -0.4 is 0 Å². The molecule has 3 heteroatoms. The molecular formula is C9H15IN2. The Hall–Kier alpha value is -0.0600. The third-order valence-corrected chi connectivity index (χ3v) is 3.26. The summed E-state index contributed by atoms with van der Waals surface area (Å²) in [6.07, 6.45) is 0. The van der Waals surface area contributed by atoms with E-state index in [0.717, 1.165) is 0 Å². The summed E-state index contributed by atoms with van der Waals surface area (Å²) in [5.74, 6) is 0. The molecule has 1 aromatic heterocycles. The molecule has 12 heavy (non-hydrogen) atoms. The Morgan fingerprint density at radius 3 is 2.00 bits per heavy atom. The van der Waals surface area contributed by atoms with Gasteiger partial charge in [-0.05, 0) is 29.5 Å². The van der Waals surface area contributed by atoms with E-state index in [1.54, 1.807) is 0 Å². The highest BCUT2D eigenvalue weighted by molar-refractivity contribution is 14.1. The summed E-state index contributed by atoms with van der Waals surface area (Å²) in [7, 11) is 1.99. The zero-order chi connectivity index (χ0) is 9.52. The third kappa shape index (κ3) is 1.65. The molecule has 1 aromatic rings. The topological polar surface area (TPSA) is 17.8 Å². The van der Waals surface area contributed by atoms with Gasteiger partial charge in [-0.3, -0.25) is 4.68 Å². The van der Waals surface area contributed by atoms with Gasteiger partial charge in [-0.2, -0.15) is 5.10 Å². The molecule has 0 N–H and O–H groups in total. The lowest BCUT2D eigenvalue weighted by molar-refractivity contribution is 0.550. The minimum absolute atomic E-state index is 0.155. The number of aromatic nitrogens is 2. The summed E-state index contributed by atoms with van der Waals surface area (Å²) in [6, 6.07) is 0. The molecule has 0 aliphatic rings. The molecule has 0 unspecified atom stereocenters. The van der Waals surface area contributed by atoms with Crippen LogP contribution in [0.1, 0.15) is 32.2 Å². The maximum absolute atomic E-state index is 4.49. The minimum Gasteiger partial charge on any atom is -0.272 e. The van der Waals surface area contributed by atoms with E-state index in [-0.39, 0.29) is 5.41 Å². The number of nitrogens with zero attached hydrogens (tertiary/aromatic N) is 2. The molecular weight excluding hydrogens is 263 g/mol. The summed E-state index contributed by atoms with van der Waals surface area (Å²) >= 11 is 2.37. The SMILES string of the molecule is Cc1c(I)c(C(C)(C)C)nn1C. The van der Waals surface area contributed by atoms with Gasteiger partial charge < -0.3 is 0 Å². The van der Waals surface area contributed by atoms with Gasteiger partial charge >= 0.3 is 0 Å². The van der Waals surface area contributed by atoms with Crippen molar-refractivity contribution in [1.82, 2.24) is 9.78 Å². The highest BCUT2D eigenvalue weighted by Gasteiger charge is 2.22. The van der Waals surface area contributed by atoms with E-state index >= 15 is 0 Å². The Balaban J connectivity index is 3.28. The van der Waals surface area contributed by atoms with E-state index in [2.05, 4.69) is 55.4 Å². The molecule has 0 aliphatic heterocycles. The zero-order valence-electron chi connectivity index (χ0n) is 8.27. The maximum atomic E-state index is 4.49. The van der Waals surface area contributed by atoms with Crippen molar-refractivity contribution in [2.75, 3.05) is 0 Å². The first-order valence-electron chi connectivity index (χ1n) is 4.03. The molecule has 0 aliphatic carbocycles. The molecule has 0 spiro atoms. The largest absolute Gasteiger partial charge is 0.272 e. The van der Waals surface area contributed by atoms with Crippen molar-refractivity contribution < 1.29 is 0 Å². The molecule has 0 saturated heterocycles. The molecule has 0 amide bonds. The lowest BCUT2D eigenvalue weighted by Gasteiger charge is -2.15. The third-order valence-electron chi connectivity index (χ3n) is 1.97. The van der Waals surface area contributed by atoms with Gasteiger partial charge in [0.15, 0.2) is 0 Å². The summed E-state index contributed by atoms with van der Waals surface area (Å²) in [5.41, 5.74) is 2.60. The molecule has 0 aromatic carbocycles. The fourth-order valence-electron chi connectivity index (χ4n) is 1.06. The average molecular weight is 278 g/mol. The molecule has 1 heterocycles. The Kier molecular flexibility index (Phi) is 2.52. The van der Waals surface area contributed by atoms with Crippen molar-refractivity contribution in [2.45, 2.75) is 33.1 Å². The van der Waals surface area contributed by atoms with Gasteiger partial charge in [0, 0.05) is 18.2 Å². The first-order valence-corrected chi connectivity index (χ1v) is 5.11. The molecule has 0 saturated carbocycles. The summed E-state index contributed by atoms with van der Waals surface area (Å²) in [6.45, 7) is 8.68. The van der Waals surface area contributed by atoms with Gasteiger partial charge in [0.1, 0.15) is 0 Å². The first-order chi connectivity index (χ1) is 5.34. The highest BCUT2D eigenvalue weighted by Crippen LogP contribution is 2.27.